The fourth-order valence-electron chi connectivity index (χ4n) is 5.60. The predicted molar refractivity (Wildman–Crippen MR) is 146 cm³/mol. The van der Waals surface area contributed by atoms with Gasteiger partial charge in [-0.1, -0.05) is 12.1 Å². The molecule has 0 saturated carbocycles. The van der Waals surface area contributed by atoms with Gasteiger partial charge in [0.2, 0.25) is 11.3 Å². The fourth-order valence-corrected chi connectivity index (χ4v) is 6.78. The smallest absolute Gasteiger partial charge is 0.258 e. The quantitative estimate of drug-likeness (QED) is 0.406. The third-order valence-electron chi connectivity index (χ3n) is 7.67. The van der Waals surface area contributed by atoms with Gasteiger partial charge in [-0.2, -0.15) is 0 Å². The molecular weight excluding hydrogens is 488 g/mol. The van der Waals surface area contributed by atoms with Crippen LogP contribution in [-0.4, -0.2) is 65.4 Å². The summed E-state index contributed by atoms with van der Waals surface area (Å²) >= 11 is 1.44. The molecule has 2 aliphatic heterocycles. The minimum absolute atomic E-state index is 0.122. The molecule has 4 aromatic rings. The lowest BCUT2D eigenvalue weighted by molar-refractivity contribution is -0.122. The Morgan fingerprint density at radius 1 is 1.11 bits per heavy atom. The third kappa shape index (κ3) is 4.34. The van der Waals surface area contributed by atoms with Gasteiger partial charge in [-0.15, -0.1) is 11.3 Å². The molecule has 3 aromatic heterocycles. The number of para-hydroxylation sites is 1. The largest absolute Gasteiger partial charge is 0.370 e. The van der Waals surface area contributed by atoms with E-state index in [2.05, 4.69) is 15.1 Å². The normalized spacial score (nSPS) is 17.2. The van der Waals surface area contributed by atoms with Crippen LogP contribution in [0.15, 0.2) is 41.3 Å². The van der Waals surface area contributed by atoms with E-state index in [9.17, 15) is 14.4 Å². The highest BCUT2D eigenvalue weighted by molar-refractivity contribution is 7.24. The van der Waals surface area contributed by atoms with Gasteiger partial charge in [-0.3, -0.25) is 18.8 Å². The van der Waals surface area contributed by atoms with E-state index in [-0.39, 0.29) is 28.7 Å². The molecule has 2 amide bonds. The third-order valence-corrected chi connectivity index (χ3v) is 8.81. The molecule has 10 heteroatoms. The number of primary amides is 1. The first kappa shape index (κ1) is 23.9. The topological polar surface area (TPSA) is 113 Å². The SMILES string of the molecule is NC(=O)C1CCN(c2cnc3c(c2)c(=O)c(C(=O)NCCN2CCCC2)c2sc4ccccc4n23)CC1. The Balaban J connectivity index is 1.42. The van der Waals surface area contributed by atoms with Crippen molar-refractivity contribution in [2.24, 2.45) is 11.7 Å². The number of hydrogen-bond donors (Lipinski definition) is 2. The number of thiazole rings is 1. The van der Waals surface area contributed by atoms with Gasteiger partial charge < -0.3 is 20.9 Å². The highest BCUT2D eigenvalue weighted by atomic mass is 32.1. The minimum atomic E-state index is -0.345. The van der Waals surface area contributed by atoms with Crippen molar-refractivity contribution in [2.45, 2.75) is 25.7 Å². The molecule has 0 radical (unpaired) electrons. The highest BCUT2D eigenvalue weighted by Crippen LogP contribution is 2.32. The van der Waals surface area contributed by atoms with E-state index in [1.807, 2.05) is 34.7 Å². The maximum absolute atomic E-state index is 13.9. The average Bonchev–Trinajstić information content (AvgIpc) is 3.56. The van der Waals surface area contributed by atoms with Gasteiger partial charge >= 0.3 is 0 Å². The summed E-state index contributed by atoms with van der Waals surface area (Å²) in [6.07, 6.45) is 5.51. The average molecular weight is 519 g/mol. The van der Waals surface area contributed by atoms with Gasteiger partial charge in [0.25, 0.3) is 5.91 Å². The van der Waals surface area contributed by atoms with Crippen molar-refractivity contribution < 1.29 is 9.59 Å². The van der Waals surface area contributed by atoms with E-state index >= 15 is 0 Å². The van der Waals surface area contributed by atoms with E-state index < -0.39 is 0 Å². The molecule has 1 aromatic carbocycles. The van der Waals surface area contributed by atoms with Gasteiger partial charge in [0, 0.05) is 32.1 Å². The number of anilines is 1. The fraction of sp³-hybridized carbons (Fsp3) is 0.407. The lowest BCUT2D eigenvalue weighted by Crippen LogP contribution is -2.38. The van der Waals surface area contributed by atoms with Crippen molar-refractivity contribution in [3.05, 3.63) is 52.3 Å². The van der Waals surface area contributed by atoms with Crippen LogP contribution >= 0.6 is 11.3 Å². The zero-order valence-electron chi connectivity index (χ0n) is 20.6. The van der Waals surface area contributed by atoms with Gasteiger partial charge in [-0.25, -0.2) is 4.98 Å². The van der Waals surface area contributed by atoms with Crippen LogP contribution in [0.25, 0.3) is 26.1 Å². The zero-order chi connectivity index (χ0) is 25.5. The monoisotopic (exact) mass is 518 g/mol. The van der Waals surface area contributed by atoms with Gasteiger partial charge in [-0.05, 0) is 57.0 Å². The molecule has 0 unspecified atom stereocenters. The number of amides is 2. The zero-order valence-corrected chi connectivity index (χ0v) is 21.4. The molecule has 0 bridgehead atoms. The first-order valence-electron chi connectivity index (χ1n) is 12.9. The molecule has 2 aliphatic rings. The Hall–Kier alpha value is -3.50. The molecular formula is C27H30N6O3S. The first-order valence-corrected chi connectivity index (χ1v) is 13.7. The number of nitrogens with zero attached hydrogens (tertiary/aromatic N) is 4. The van der Waals surface area contributed by atoms with Crippen LogP contribution in [0.2, 0.25) is 0 Å². The second-order valence-electron chi connectivity index (χ2n) is 9.95. The number of carbonyl (C=O) groups excluding carboxylic acids is 2. The van der Waals surface area contributed by atoms with Crippen LogP contribution in [0.5, 0.6) is 0 Å². The van der Waals surface area contributed by atoms with Crippen LogP contribution < -0.4 is 21.4 Å². The summed E-state index contributed by atoms with van der Waals surface area (Å²) in [5.74, 6) is -0.729. The number of benzene rings is 1. The van der Waals surface area contributed by atoms with Gasteiger partial charge in [0.15, 0.2) is 0 Å². The summed E-state index contributed by atoms with van der Waals surface area (Å²) in [4.78, 5) is 48.7. The molecule has 0 spiro atoms. The lowest BCUT2D eigenvalue weighted by Gasteiger charge is -2.32. The standard InChI is InChI=1S/C27H30N6O3S/c28-24(35)17-7-12-32(13-8-17)18-15-19-23(34)22(26(36)29-9-14-31-10-3-4-11-31)27-33(25(19)30-16-18)20-5-1-2-6-21(20)37-27/h1-2,5-6,15-17H,3-4,7-14H2,(H2,28,35)(H,29,36). The number of likely N-dealkylation sites (tertiary alicyclic amines) is 1. The van der Waals surface area contributed by atoms with Crippen molar-refractivity contribution in [1.82, 2.24) is 19.6 Å². The van der Waals surface area contributed by atoms with Crippen molar-refractivity contribution in [2.75, 3.05) is 44.2 Å². The Morgan fingerprint density at radius 2 is 1.86 bits per heavy atom. The van der Waals surface area contributed by atoms with Crippen LogP contribution in [-0.2, 0) is 4.79 Å². The summed E-state index contributed by atoms with van der Waals surface area (Å²) < 4.78 is 2.93. The molecule has 9 nitrogen and oxygen atoms in total. The van der Waals surface area contributed by atoms with E-state index in [0.29, 0.717) is 48.3 Å². The van der Waals surface area contributed by atoms with Crippen molar-refractivity contribution in [1.29, 1.82) is 0 Å². The molecule has 0 atom stereocenters. The van der Waals surface area contributed by atoms with Crippen LogP contribution in [0.4, 0.5) is 5.69 Å². The summed E-state index contributed by atoms with van der Waals surface area (Å²) in [7, 11) is 0. The number of rotatable bonds is 6. The van der Waals surface area contributed by atoms with Crippen molar-refractivity contribution in [3.8, 4) is 0 Å². The maximum atomic E-state index is 13.9. The Labute approximate surface area is 217 Å². The highest BCUT2D eigenvalue weighted by Gasteiger charge is 2.26. The molecule has 3 N–H and O–H groups in total. The van der Waals surface area contributed by atoms with E-state index in [1.54, 1.807) is 6.20 Å². The Morgan fingerprint density at radius 3 is 2.62 bits per heavy atom. The van der Waals surface area contributed by atoms with Crippen molar-refractivity contribution >= 4 is 54.9 Å². The minimum Gasteiger partial charge on any atom is -0.370 e. The maximum Gasteiger partial charge on any atom is 0.258 e. The number of nitrogens with two attached hydrogens (primary N) is 1. The van der Waals surface area contributed by atoms with Gasteiger partial charge in [0.1, 0.15) is 16.0 Å². The van der Waals surface area contributed by atoms with E-state index in [0.717, 1.165) is 35.5 Å². The number of piperidine rings is 1. The predicted octanol–water partition coefficient (Wildman–Crippen LogP) is 2.59. The molecule has 5 heterocycles. The number of aromatic nitrogens is 2. The Kier molecular flexibility index (Phi) is 6.29. The van der Waals surface area contributed by atoms with Crippen LogP contribution in [0.1, 0.15) is 36.0 Å². The van der Waals surface area contributed by atoms with E-state index in [4.69, 9.17) is 10.7 Å². The number of fused-ring (bicyclic) bond motifs is 5. The van der Waals surface area contributed by atoms with Crippen LogP contribution in [0.3, 0.4) is 0 Å². The number of nitrogens with one attached hydrogen (secondary N) is 1. The van der Waals surface area contributed by atoms with Crippen LogP contribution in [0, 0.1) is 5.92 Å². The molecule has 2 fully saturated rings. The van der Waals surface area contributed by atoms with Gasteiger partial charge in [0.05, 0.1) is 27.5 Å². The first-order chi connectivity index (χ1) is 18.0. The lowest BCUT2D eigenvalue weighted by atomic mass is 9.96. The second kappa shape index (κ2) is 9.75. The molecule has 192 valence electrons. The Bertz CT molecular complexity index is 1560. The van der Waals surface area contributed by atoms with Crippen molar-refractivity contribution in [3.63, 3.8) is 0 Å². The summed E-state index contributed by atoms with van der Waals surface area (Å²) in [5, 5.41) is 3.42. The number of carbonyl (C=O) groups is 2. The molecule has 0 aliphatic carbocycles. The van der Waals surface area contributed by atoms with E-state index in [1.165, 1.54) is 24.2 Å². The number of pyridine rings is 2. The molecule has 2 saturated heterocycles. The summed E-state index contributed by atoms with van der Waals surface area (Å²) in [5.41, 5.74) is 7.63. The number of hydrogen-bond acceptors (Lipinski definition) is 7. The summed E-state index contributed by atoms with van der Waals surface area (Å²) in [6, 6.07) is 9.73. The molecule has 37 heavy (non-hydrogen) atoms. The molecule has 6 rings (SSSR count). The summed E-state index contributed by atoms with van der Waals surface area (Å²) in [6.45, 7) is 4.72. The second-order valence-corrected chi connectivity index (χ2v) is 11.0.